The van der Waals surface area contributed by atoms with E-state index in [1.165, 1.54) is 0 Å². The molecule has 0 saturated heterocycles. The molecule has 1 aromatic carbocycles. The molecule has 0 saturated carbocycles. The van der Waals surface area contributed by atoms with E-state index in [-0.39, 0.29) is 11.2 Å². The zero-order valence-corrected chi connectivity index (χ0v) is 18.0. The molecule has 2 heterocycles. The number of carbonyl (C=O) groups excluding carboxylic acids is 2. The first-order chi connectivity index (χ1) is 13.5. The van der Waals surface area contributed by atoms with Crippen LogP contribution in [0.5, 0.6) is 0 Å². The predicted octanol–water partition coefficient (Wildman–Crippen LogP) is 4.31. The number of ketones is 1. The molecule has 0 amide bonds. The van der Waals surface area contributed by atoms with E-state index in [4.69, 9.17) is 4.74 Å². The highest BCUT2D eigenvalue weighted by molar-refractivity contribution is 6.06. The predicted molar refractivity (Wildman–Crippen MR) is 112 cm³/mol. The third kappa shape index (κ3) is 4.06. The van der Waals surface area contributed by atoms with Crippen molar-refractivity contribution >= 4 is 22.8 Å². The summed E-state index contributed by atoms with van der Waals surface area (Å²) in [6.45, 7) is 11.6. The monoisotopic (exact) mass is 393 g/mol. The standard InChI is InChI=1S/C23H27N3O3/c1-13-12-18(19-14(2)25-26(7)21(19)24-13)22(28)29-15(3)20(27)16-8-10-17(11-9-16)23(4,5)6/h8-12,15H,1-7H3. The number of aryl methyl sites for hydroxylation is 3. The summed E-state index contributed by atoms with van der Waals surface area (Å²) in [7, 11) is 1.78. The summed E-state index contributed by atoms with van der Waals surface area (Å²) in [5, 5.41) is 4.99. The molecule has 3 aromatic rings. The lowest BCUT2D eigenvalue weighted by Gasteiger charge is -2.19. The van der Waals surface area contributed by atoms with Gasteiger partial charge in [-0.3, -0.25) is 9.48 Å². The minimum atomic E-state index is -0.900. The number of esters is 1. The minimum absolute atomic E-state index is 0.00577. The first-order valence-electron chi connectivity index (χ1n) is 9.65. The van der Waals surface area contributed by atoms with Gasteiger partial charge in [0.1, 0.15) is 0 Å². The molecule has 0 fully saturated rings. The van der Waals surface area contributed by atoms with Gasteiger partial charge in [0.25, 0.3) is 0 Å². The first kappa shape index (κ1) is 20.7. The Balaban J connectivity index is 1.84. The summed E-state index contributed by atoms with van der Waals surface area (Å²) >= 11 is 0. The van der Waals surface area contributed by atoms with Gasteiger partial charge in [0, 0.05) is 18.3 Å². The van der Waals surface area contributed by atoms with Crippen LogP contribution in [0.25, 0.3) is 11.0 Å². The van der Waals surface area contributed by atoms with Gasteiger partial charge in [0.15, 0.2) is 11.8 Å². The number of fused-ring (bicyclic) bond motifs is 1. The maximum atomic E-state index is 12.9. The largest absolute Gasteiger partial charge is 0.451 e. The first-order valence-corrected chi connectivity index (χ1v) is 9.65. The second-order valence-corrected chi connectivity index (χ2v) is 8.46. The third-order valence-corrected chi connectivity index (χ3v) is 5.01. The van der Waals surface area contributed by atoms with Crippen LogP contribution in [0.1, 0.15) is 65.4 Å². The molecule has 2 aromatic heterocycles. The van der Waals surface area contributed by atoms with Gasteiger partial charge >= 0.3 is 5.97 Å². The van der Waals surface area contributed by atoms with E-state index in [0.717, 1.165) is 5.56 Å². The number of hydrogen-bond donors (Lipinski definition) is 0. The topological polar surface area (TPSA) is 74.1 Å². The van der Waals surface area contributed by atoms with Crippen LogP contribution >= 0.6 is 0 Å². The van der Waals surface area contributed by atoms with Crippen molar-refractivity contribution in [2.45, 2.75) is 53.1 Å². The van der Waals surface area contributed by atoms with Gasteiger partial charge in [0.2, 0.25) is 5.78 Å². The average molecular weight is 393 g/mol. The molecule has 0 N–H and O–H groups in total. The number of benzene rings is 1. The van der Waals surface area contributed by atoms with Crippen LogP contribution in [0, 0.1) is 13.8 Å². The quantitative estimate of drug-likeness (QED) is 0.488. The fourth-order valence-corrected chi connectivity index (χ4v) is 3.38. The van der Waals surface area contributed by atoms with Gasteiger partial charge < -0.3 is 4.74 Å². The van der Waals surface area contributed by atoms with E-state index in [0.29, 0.717) is 33.5 Å². The Morgan fingerprint density at radius 2 is 1.72 bits per heavy atom. The minimum Gasteiger partial charge on any atom is -0.451 e. The van der Waals surface area contributed by atoms with Crippen LogP contribution in [0.4, 0.5) is 0 Å². The average Bonchev–Trinajstić information content (AvgIpc) is 2.93. The zero-order chi connectivity index (χ0) is 21.5. The normalized spacial score (nSPS) is 12.8. The van der Waals surface area contributed by atoms with Crippen LogP contribution in [0.15, 0.2) is 30.3 Å². The van der Waals surface area contributed by atoms with E-state index >= 15 is 0 Å². The van der Waals surface area contributed by atoms with E-state index in [9.17, 15) is 9.59 Å². The Morgan fingerprint density at radius 1 is 1.10 bits per heavy atom. The number of ether oxygens (including phenoxy) is 1. The number of pyridine rings is 1. The van der Waals surface area contributed by atoms with E-state index in [1.807, 2.05) is 26.0 Å². The SMILES string of the molecule is Cc1cc(C(=O)OC(C)C(=O)c2ccc(C(C)(C)C)cc2)c2c(C)nn(C)c2n1. The molecule has 0 radical (unpaired) electrons. The number of Topliss-reactive ketones (excluding diaryl/α,β-unsaturated/α-hetero) is 1. The number of carbonyl (C=O) groups is 2. The summed E-state index contributed by atoms with van der Waals surface area (Å²) in [4.78, 5) is 30.1. The highest BCUT2D eigenvalue weighted by Crippen LogP contribution is 2.24. The molecule has 29 heavy (non-hydrogen) atoms. The van der Waals surface area contributed by atoms with Gasteiger partial charge in [-0.15, -0.1) is 0 Å². The number of hydrogen-bond acceptors (Lipinski definition) is 5. The number of aromatic nitrogens is 3. The van der Waals surface area contributed by atoms with Gasteiger partial charge in [-0.2, -0.15) is 5.10 Å². The van der Waals surface area contributed by atoms with Gasteiger partial charge in [-0.1, -0.05) is 45.0 Å². The van der Waals surface area contributed by atoms with E-state index < -0.39 is 12.1 Å². The Bertz CT molecular complexity index is 1090. The molecular weight excluding hydrogens is 366 g/mol. The molecule has 1 unspecified atom stereocenters. The highest BCUT2D eigenvalue weighted by Gasteiger charge is 2.24. The second-order valence-electron chi connectivity index (χ2n) is 8.46. The summed E-state index contributed by atoms with van der Waals surface area (Å²) in [6, 6.07) is 9.13. The van der Waals surface area contributed by atoms with E-state index in [1.54, 1.807) is 36.9 Å². The van der Waals surface area contributed by atoms with Crippen molar-refractivity contribution in [3.63, 3.8) is 0 Å². The molecule has 0 spiro atoms. The fraction of sp³-hybridized carbons (Fsp3) is 0.391. The van der Waals surface area contributed by atoms with Crippen molar-refractivity contribution in [2.75, 3.05) is 0 Å². The van der Waals surface area contributed by atoms with Crippen molar-refractivity contribution < 1.29 is 14.3 Å². The summed E-state index contributed by atoms with van der Waals surface area (Å²) in [5.41, 5.74) is 4.04. The Morgan fingerprint density at radius 3 is 2.31 bits per heavy atom. The van der Waals surface area contributed by atoms with Gasteiger partial charge in [0.05, 0.1) is 16.6 Å². The third-order valence-electron chi connectivity index (χ3n) is 5.01. The molecule has 0 aliphatic heterocycles. The van der Waals surface area contributed by atoms with Crippen LogP contribution < -0.4 is 0 Å². The number of nitrogens with zero attached hydrogens (tertiary/aromatic N) is 3. The summed E-state index contributed by atoms with van der Waals surface area (Å²) < 4.78 is 7.16. The van der Waals surface area contributed by atoms with Gasteiger partial charge in [-0.25, -0.2) is 9.78 Å². The molecule has 0 bridgehead atoms. The van der Waals surface area contributed by atoms with Crippen molar-refractivity contribution in [3.05, 3.63) is 58.4 Å². The van der Waals surface area contributed by atoms with Crippen molar-refractivity contribution in [1.82, 2.24) is 14.8 Å². The van der Waals surface area contributed by atoms with Gasteiger partial charge in [-0.05, 0) is 37.8 Å². The molecule has 6 nitrogen and oxygen atoms in total. The van der Waals surface area contributed by atoms with E-state index in [2.05, 4.69) is 30.9 Å². The molecule has 6 heteroatoms. The van der Waals surface area contributed by atoms with Crippen LogP contribution in [0.3, 0.4) is 0 Å². The van der Waals surface area contributed by atoms with Crippen molar-refractivity contribution in [3.8, 4) is 0 Å². The van der Waals surface area contributed by atoms with Crippen molar-refractivity contribution in [2.24, 2.45) is 7.05 Å². The maximum absolute atomic E-state index is 12.9. The highest BCUT2D eigenvalue weighted by atomic mass is 16.5. The maximum Gasteiger partial charge on any atom is 0.339 e. The van der Waals surface area contributed by atoms with Crippen molar-refractivity contribution in [1.29, 1.82) is 0 Å². The molecule has 3 rings (SSSR count). The van der Waals surface area contributed by atoms with Crippen LogP contribution in [-0.2, 0) is 17.2 Å². The zero-order valence-electron chi connectivity index (χ0n) is 18.0. The Hall–Kier alpha value is -3.02. The lowest BCUT2D eigenvalue weighted by Crippen LogP contribution is -2.25. The molecular formula is C23H27N3O3. The van der Waals surface area contributed by atoms with Crippen LogP contribution in [0.2, 0.25) is 0 Å². The Labute approximate surface area is 170 Å². The lowest BCUT2D eigenvalue weighted by molar-refractivity contribution is 0.0320. The fourth-order valence-electron chi connectivity index (χ4n) is 3.38. The molecule has 0 aliphatic rings. The second kappa shape index (κ2) is 7.43. The summed E-state index contributed by atoms with van der Waals surface area (Å²) in [6.07, 6.45) is -0.900. The smallest absolute Gasteiger partial charge is 0.339 e. The molecule has 0 aliphatic carbocycles. The molecule has 152 valence electrons. The molecule has 1 atom stereocenters. The van der Waals surface area contributed by atoms with Crippen LogP contribution in [-0.4, -0.2) is 32.6 Å². The summed E-state index contributed by atoms with van der Waals surface area (Å²) in [5.74, 6) is -0.785. The lowest BCUT2D eigenvalue weighted by atomic mass is 9.86. The Kier molecular flexibility index (Phi) is 5.30. The number of rotatable bonds is 4.